The summed E-state index contributed by atoms with van der Waals surface area (Å²) in [5.41, 5.74) is 8.06. The zero-order valence-corrected chi connectivity index (χ0v) is 13.5. The van der Waals surface area contributed by atoms with E-state index in [1.54, 1.807) is 4.90 Å². The molecule has 0 atom stereocenters. The number of carbonyl (C=O) groups excluding carboxylic acids is 1. The minimum Gasteiger partial charge on any atom is -0.399 e. The number of hydrogen-bond acceptors (Lipinski definition) is 2. The quantitative estimate of drug-likeness (QED) is 0.646. The second-order valence-corrected chi connectivity index (χ2v) is 5.69. The SMILES string of the molecule is CCCN(C(=O)c1ccccc1I)c1cccc(N)c1. The third-order valence-electron chi connectivity index (χ3n) is 2.98. The van der Waals surface area contributed by atoms with E-state index in [9.17, 15) is 4.79 Å². The number of anilines is 2. The minimum absolute atomic E-state index is 0.0162. The van der Waals surface area contributed by atoms with Crippen LogP contribution in [0.1, 0.15) is 23.7 Å². The molecule has 1 amide bonds. The Morgan fingerprint density at radius 2 is 1.95 bits per heavy atom. The Hall–Kier alpha value is -1.56. The number of nitrogen functional groups attached to an aromatic ring is 1. The van der Waals surface area contributed by atoms with Crippen molar-refractivity contribution < 1.29 is 4.79 Å². The van der Waals surface area contributed by atoms with Gasteiger partial charge in [-0.3, -0.25) is 4.79 Å². The average molecular weight is 380 g/mol. The summed E-state index contributed by atoms with van der Waals surface area (Å²) < 4.78 is 0.958. The molecule has 3 nitrogen and oxygen atoms in total. The molecule has 0 bridgehead atoms. The lowest BCUT2D eigenvalue weighted by Gasteiger charge is -2.23. The van der Waals surface area contributed by atoms with Crippen molar-refractivity contribution in [3.05, 3.63) is 57.7 Å². The van der Waals surface area contributed by atoms with Crippen LogP contribution in [-0.4, -0.2) is 12.5 Å². The molecule has 20 heavy (non-hydrogen) atoms. The predicted octanol–water partition coefficient (Wildman–Crippen LogP) is 3.93. The van der Waals surface area contributed by atoms with E-state index in [0.29, 0.717) is 12.2 Å². The number of halogens is 1. The van der Waals surface area contributed by atoms with Crippen molar-refractivity contribution in [2.75, 3.05) is 17.2 Å². The lowest BCUT2D eigenvalue weighted by Crippen LogP contribution is -2.32. The summed E-state index contributed by atoms with van der Waals surface area (Å²) in [6, 6.07) is 15.1. The monoisotopic (exact) mass is 380 g/mol. The van der Waals surface area contributed by atoms with Crippen molar-refractivity contribution >= 4 is 39.9 Å². The molecular formula is C16H17IN2O. The number of carbonyl (C=O) groups is 1. The normalized spacial score (nSPS) is 10.3. The fourth-order valence-electron chi connectivity index (χ4n) is 2.04. The maximum Gasteiger partial charge on any atom is 0.259 e. The molecule has 0 radical (unpaired) electrons. The number of benzene rings is 2. The Labute approximate surface area is 132 Å². The Kier molecular flexibility index (Phi) is 5.00. The average Bonchev–Trinajstić information content (AvgIpc) is 2.44. The summed E-state index contributed by atoms with van der Waals surface area (Å²) in [4.78, 5) is 14.5. The molecule has 0 spiro atoms. The van der Waals surface area contributed by atoms with Crippen LogP contribution in [0, 0.1) is 3.57 Å². The van der Waals surface area contributed by atoms with E-state index in [-0.39, 0.29) is 5.91 Å². The van der Waals surface area contributed by atoms with Crippen LogP contribution in [0.25, 0.3) is 0 Å². The maximum atomic E-state index is 12.7. The highest BCUT2D eigenvalue weighted by atomic mass is 127. The molecule has 4 heteroatoms. The summed E-state index contributed by atoms with van der Waals surface area (Å²) >= 11 is 2.19. The largest absolute Gasteiger partial charge is 0.399 e. The first-order valence-electron chi connectivity index (χ1n) is 6.55. The van der Waals surface area contributed by atoms with Gasteiger partial charge < -0.3 is 10.6 Å². The van der Waals surface area contributed by atoms with Crippen molar-refractivity contribution in [1.29, 1.82) is 0 Å². The third kappa shape index (κ3) is 3.30. The molecule has 0 aromatic heterocycles. The van der Waals surface area contributed by atoms with Gasteiger partial charge in [-0.2, -0.15) is 0 Å². The van der Waals surface area contributed by atoms with Gasteiger partial charge in [0.1, 0.15) is 0 Å². The number of rotatable bonds is 4. The zero-order valence-electron chi connectivity index (χ0n) is 11.3. The van der Waals surface area contributed by atoms with Gasteiger partial charge in [-0.05, 0) is 59.3 Å². The molecule has 0 fully saturated rings. The van der Waals surface area contributed by atoms with E-state index in [0.717, 1.165) is 21.2 Å². The molecule has 0 aliphatic carbocycles. The second-order valence-electron chi connectivity index (χ2n) is 4.53. The fraction of sp³-hybridized carbons (Fsp3) is 0.188. The van der Waals surface area contributed by atoms with Gasteiger partial charge >= 0.3 is 0 Å². The zero-order chi connectivity index (χ0) is 14.5. The topological polar surface area (TPSA) is 46.3 Å². The molecule has 2 N–H and O–H groups in total. The number of amides is 1. The molecule has 0 saturated heterocycles. The molecule has 2 aromatic carbocycles. The number of nitrogens with two attached hydrogens (primary N) is 1. The van der Waals surface area contributed by atoms with Gasteiger partial charge in [0.25, 0.3) is 5.91 Å². The lowest BCUT2D eigenvalue weighted by molar-refractivity contribution is 0.0986. The van der Waals surface area contributed by atoms with E-state index < -0.39 is 0 Å². The molecule has 2 aromatic rings. The van der Waals surface area contributed by atoms with Gasteiger partial charge in [-0.15, -0.1) is 0 Å². The Bertz CT molecular complexity index is 613. The molecule has 0 heterocycles. The highest BCUT2D eigenvalue weighted by Crippen LogP contribution is 2.22. The summed E-state index contributed by atoms with van der Waals surface area (Å²) in [5.74, 6) is 0.0162. The van der Waals surface area contributed by atoms with Crippen molar-refractivity contribution in [2.45, 2.75) is 13.3 Å². The number of nitrogens with zero attached hydrogens (tertiary/aromatic N) is 1. The molecular weight excluding hydrogens is 363 g/mol. The smallest absolute Gasteiger partial charge is 0.259 e. The lowest BCUT2D eigenvalue weighted by atomic mass is 10.1. The van der Waals surface area contributed by atoms with E-state index in [1.165, 1.54) is 0 Å². The number of hydrogen-bond donors (Lipinski definition) is 1. The molecule has 0 aliphatic rings. The molecule has 0 unspecified atom stereocenters. The van der Waals surface area contributed by atoms with E-state index in [2.05, 4.69) is 29.5 Å². The van der Waals surface area contributed by atoms with Crippen molar-refractivity contribution in [3.8, 4) is 0 Å². The summed E-state index contributed by atoms with van der Waals surface area (Å²) in [5, 5.41) is 0. The Balaban J connectivity index is 2.39. The van der Waals surface area contributed by atoms with Crippen LogP contribution in [0.15, 0.2) is 48.5 Å². The van der Waals surface area contributed by atoms with Gasteiger partial charge in [0.15, 0.2) is 0 Å². The second kappa shape index (κ2) is 6.74. The molecule has 2 rings (SSSR count). The van der Waals surface area contributed by atoms with E-state index in [4.69, 9.17) is 5.73 Å². The highest BCUT2D eigenvalue weighted by molar-refractivity contribution is 14.1. The molecule has 0 saturated carbocycles. The first-order valence-corrected chi connectivity index (χ1v) is 7.63. The van der Waals surface area contributed by atoms with E-state index >= 15 is 0 Å². The first-order chi connectivity index (χ1) is 9.63. The van der Waals surface area contributed by atoms with Gasteiger partial charge in [0, 0.05) is 21.5 Å². The van der Waals surface area contributed by atoms with Crippen molar-refractivity contribution in [2.24, 2.45) is 0 Å². The highest BCUT2D eigenvalue weighted by Gasteiger charge is 2.18. The maximum absolute atomic E-state index is 12.7. The van der Waals surface area contributed by atoms with Crippen molar-refractivity contribution in [3.63, 3.8) is 0 Å². The Morgan fingerprint density at radius 3 is 2.60 bits per heavy atom. The van der Waals surface area contributed by atoms with Crippen LogP contribution in [0.4, 0.5) is 11.4 Å². The van der Waals surface area contributed by atoms with Crippen LogP contribution in [0.3, 0.4) is 0 Å². The third-order valence-corrected chi connectivity index (χ3v) is 3.92. The molecule has 104 valence electrons. The summed E-state index contributed by atoms with van der Waals surface area (Å²) in [6.45, 7) is 2.73. The van der Waals surface area contributed by atoms with Crippen LogP contribution in [0.2, 0.25) is 0 Å². The van der Waals surface area contributed by atoms with Gasteiger partial charge in [-0.1, -0.05) is 25.1 Å². The summed E-state index contributed by atoms with van der Waals surface area (Å²) in [6.07, 6.45) is 0.893. The van der Waals surface area contributed by atoms with Gasteiger partial charge in [-0.25, -0.2) is 0 Å². The van der Waals surface area contributed by atoms with Crippen LogP contribution in [0.5, 0.6) is 0 Å². The van der Waals surface area contributed by atoms with Gasteiger partial charge in [0.05, 0.1) is 5.56 Å². The standard InChI is InChI=1S/C16H17IN2O/c1-2-10-19(13-7-5-6-12(18)11-13)16(20)14-8-3-4-9-15(14)17/h3-9,11H,2,10,18H2,1H3. The predicted molar refractivity (Wildman–Crippen MR) is 92.0 cm³/mol. The fourth-order valence-corrected chi connectivity index (χ4v) is 2.66. The first kappa shape index (κ1) is 14.8. The van der Waals surface area contributed by atoms with Crippen LogP contribution in [-0.2, 0) is 0 Å². The van der Waals surface area contributed by atoms with Crippen LogP contribution >= 0.6 is 22.6 Å². The summed E-state index contributed by atoms with van der Waals surface area (Å²) in [7, 11) is 0. The molecule has 0 aliphatic heterocycles. The van der Waals surface area contributed by atoms with Crippen LogP contribution < -0.4 is 10.6 Å². The van der Waals surface area contributed by atoms with Gasteiger partial charge in [0.2, 0.25) is 0 Å². The van der Waals surface area contributed by atoms with E-state index in [1.807, 2.05) is 48.5 Å². The Morgan fingerprint density at radius 1 is 1.20 bits per heavy atom. The van der Waals surface area contributed by atoms with Crippen molar-refractivity contribution in [1.82, 2.24) is 0 Å². The minimum atomic E-state index is 0.0162.